The number of aromatic nitrogens is 3. The van der Waals surface area contributed by atoms with E-state index in [0.717, 1.165) is 30.9 Å². The lowest BCUT2D eigenvalue weighted by Gasteiger charge is -2.19. The molecule has 16 heavy (non-hydrogen) atoms. The molecule has 1 aliphatic rings. The first-order valence-electron chi connectivity index (χ1n) is 5.56. The molecule has 2 aromatic rings. The maximum absolute atomic E-state index is 5.69. The van der Waals surface area contributed by atoms with Gasteiger partial charge in [0.15, 0.2) is 11.5 Å². The van der Waals surface area contributed by atoms with Crippen molar-refractivity contribution in [2.24, 2.45) is 0 Å². The van der Waals surface area contributed by atoms with Crippen molar-refractivity contribution in [1.29, 1.82) is 0 Å². The van der Waals surface area contributed by atoms with Crippen LogP contribution in [0, 0.1) is 0 Å². The predicted molar refractivity (Wildman–Crippen MR) is 59.9 cm³/mol. The molecule has 2 aromatic heterocycles. The Balaban J connectivity index is 1.97. The molecule has 1 atom stereocenters. The van der Waals surface area contributed by atoms with E-state index in [9.17, 15) is 0 Å². The van der Waals surface area contributed by atoms with E-state index in [1.165, 1.54) is 6.42 Å². The van der Waals surface area contributed by atoms with Gasteiger partial charge < -0.3 is 10.5 Å². The van der Waals surface area contributed by atoms with Crippen LogP contribution in [0.3, 0.4) is 0 Å². The largest absolute Gasteiger partial charge is 0.397 e. The highest BCUT2D eigenvalue weighted by Gasteiger charge is 2.20. The summed E-state index contributed by atoms with van der Waals surface area (Å²) in [5.41, 5.74) is 7.20. The minimum Gasteiger partial charge on any atom is -0.397 e. The Bertz CT molecular complexity index is 502. The van der Waals surface area contributed by atoms with E-state index in [1.807, 2.05) is 12.1 Å². The molecular formula is C11H14N4O. The lowest BCUT2D eigenvalue weighted by molar-refractivity contribution is 0.00962. The Morgan fingerprint density at radius 1 is 1.38 bits per heavy atom. The van der Waals surface area contributed by atoms with Gasteiger partial charge in [-0.1, -0.05) is 0 Å². The number of anilines is 1. The number of pyridine rings is 1. The molecule has 0 bridgehead atoms. The molecule has 2 N–H and O–H groups in total. The number of fused-ring (bicyclic) bond motifs is 1. The van der Waals surface area contributed by atoms with Crippen LogP contribution in [0.1, 0.15) is 31.2 Å². The second kappa shape index (κ2) is 3.75. The lowest BCUT2D eigenvalue weighted by Crippen LogP contribution is -2.12. The first kappa shape index (κ1) is 9.59. The van der Waals surface area contributed by atoms with Gasteiger partial charge in [-0.25, -0.2) is 9.50 Å². The predicted octanol–water partition coefficient (Wildman–Crippen LogP) is 1.55. The maximum Gasteiger partial charge on any atom is 0.180 e. The number of nitrogen functional groups attached to an aromatic ring is 1. The Hall–Kier alpha value is -1.62. The van der Waals surface area contributed by atoms with Crippen molar-refractivity contribution in [3.05, 3.63) is 24.2 Å². The van der Waals surface area contributed by atoms with Gasteiger partial charge in [-0.05, 0) is 31.4 Å². The first-order chi connectivity index (χ1) is 7.83. The number of nitrogens with two attached hydrogens (primary N) is 1. The van der Waals surface area contributed by atoms with Gasteiger partial charge in [-0.2, -0.15) is 0 Å². The molecule has 1 unspecified atom stereocenters. The molecule has 0 radical (unpaired) electrons. The molecule has 0 saturated carbocycles. The number of hydrogen-bond donors (Lipinski definition) is 1. The molecule has 0 aliphatic carbocycles. The summed E-state index contributed by atoms with van der Waals surface area (Å²) in [6, 6.07) is 3.70. The summed E-state index contributed by atoms with van der Waals surface area (Å²) >= 11 is 0. The van der Waals surface area contributed by atoms with Crippen molar-refractivity contribution in [3.8, 4) is 0 Å². The monoisotopic (exact) mass is 218 g/mol. The highest BCUT2D eigenvalue weighted by Crippen LogP contribution is 2.25. The molecule has 1 aliphatic heterocycles. The van der Waals surface area contributed by atoms with Gasteiger partial charge in [-0.3, -0.25) is 0 Å². The third-order valence-corrected chi connectivity index (χ3v) is 2.84. The minimum atomic E-state index is 0.0508. The second-order valence-corrected chi connectivity index (χ2v) is 4.09. The zero-order valence-electron chi connectivity index (χ0n) is 8.97. The Labute approximate surface area is 93.2 Å². The number of rotatable bonds is 1. The van der Waals surface area contributed by atoms with E-state index in [0.29, 0.717) is 5.69 Å². The van der Waals surface area contributed by atoms with E-state index in [1.54, 1.807) is 10.7 Å². The first-order valence-corrected chi connectivity index (χ1v) is 5.56. The third kappa shape index (κ3) is 1.63. The average Bonchev–Trinajstić information content (AvgIpc) is 2.73. The van der Waals surface area contributed by atoms with Crippen LogP contribution in [0.2, 0.25) is 0 Å². The SMILES string of the molecule is Nc1ccc2nc(C3CCCCO3)nn2c1. The van der Waals surface area contributed by atoms with Crippen molar-refractivity contribution >= 4 is 11.3 Å². The van der Waals surface area contributed by atoms with Crippen LogP contribution in [-0.4, -0.2) is 21.2 Å². The maximum atomic E-state index is 5.69. The average molecular weight is 218 g/mol. The number of ether oxygens (including phenoxy) is 1. The second-order valence-electron chi connectivity index (χ2n) is 4.09. The molecule has 0 aromatic carbocycles. The molecule has 5 heteroatoms. The normalized spacial score (nSPS) is 21.4. The molecule has 5 nitrogen and oxygen atoms in total. The van der Waals surface area contributed by atoms with Crippen LogP contribution in [0.5, 0.6) is 0 Å². The summed E-state index contributed by atoms with van der Waals surface area (Å²) in [6.45, 7) is 0.808. The van der Waals surface area contributed by atoms with E-state index in [4.69, 9.17) is 10.5 Å². The van der Waals surface area contributed by atoms with E-state index in [2.05, 4.69) is 10.1 Å². The fourth-order valence-corrected chi connectivity index (χ4v) is 2.00. The van der Waals surface area contributed by atoms with Crippen LogP contribution in [0.15, 0.2) is 18.3 Å². The highest BCUT2D eigenvalue weighted by atomic mass is 16.5. The van der Waals surface area contributed by atoms with Crippen molar-refractivity contribution in [3.63, 3.8) is 0 Å². The van der Waals surface area contributed by atoms with E-state index >= 15 is 0 Å². The summed E-state index contributed by atoms with van der Waals surface area (Å²) < 4.78 is 7.37. The van der Waals surface area contributed by atoms with Crippen LogP contribution < -0.4 is 5.73 Å². The van der Waals surface area contributed by atoms with E-state index < -0.39 is 0 Å². The molecule has 84 valence electrons. The smallest absolute Gasteiger partial charge is 0.180 e. The van der Waals surface area contributed by atoms with Crippen LogP contribution in [0.25, 0.3) is 5.65 Å². The quantitative estimate of drug-likeness (QED) is 0.788. The molecule has 1 saturated heterocycles. The fourth-order valence-electron chi connectivity index (χ4n) is 2.00. The van der Waals surface area contributed by atoms with Gasteiger partial charge in [0.05, 0.1) is 11.9 Å². The van der Waals surface area contributed by atoms with Crippen molar-refractivity contribution in [2.75, 3.05) is 12.3 Å². The zero-order valence-corrected chi connectivity index (χ0v) is 8.97. The van der Waals surface area contributed by atoms with Gasteiger partial charge in [0.25, 0.3) is 0 Å². The van der Waals surface area contributed by atoms with Crippen LogP contribution >= 0.6 is 0 Å². The van der Waals surface area contributed by atoms with Gasteiger partial charge in [0.1, 0.15) is 6.10 Å². The minimum absolute atomic E-state index is 0.0508. The van der Waals surface area contributed by atoms with Gasteiger partial charge in [0.2, 0.25) is 0 Å². The number of hydrogen-bond acceptors (Lipinski definition) is 4. The molecule has 1 fully saturated rings. The Kier molecular flexibility index (Phi) is 2.25. The van der Waals surface area contributed by atoms with Crippen molar-refractivity contribution in [1.82, 2.24) is 14.6 Å². The fraction of sp³-hybridized carbons (Fsp3) is 0.455. The third-order valence-electron chi connectivity index (χ3n) is 2.84. The lowest BCUT2D eigenvalue weighted by atomic mass is 10.1. The molecular weight excluding hydrogens is 204 g/mol. The van der Waals surface area contributed by atoms with Gasteiger partial charge >= 0.3 is 0 Å². The Morgan fingerprint density at radius 3 is 3.12 bits per heavy atom. The molecule has 3 heterocycles. The summed E-state index contributed by atoms with van der Waals surface area (Å²) in [4.78, 5) is 4.45. The van der Waals surface area contributed by atoms with Gasteiger partial charge in [0, 0.05) is 6.61 Å². The number of nitrogens with zero attached hydrogens (tertiary/aromatic N) is 3. The summed E-state index contributed by atoms with van der Waals surface area (Å²) in [5, 5.41) is 4.40. The van der Waals surface area contributed by atoms with Crippen molar-refractivity contribution < 1.29 is 4.74 Å². The standard InChI is InChI=1S/C11H14N4O/c12-8-4-5-10-13-11(14-15(10)7-8)9-3-1-2-6-16-9/h4-5,7,9H,1-3,6,12H2. The molecule has 0 amide bonds. The Morgan fingerprint density at radius 2 is 2.31 bits per heavy atom. The molecule has 3 rings (SSSR count). The van der Waals surface area contributed by atoms with Gasteiger partial charge in [-0.15, -0.1) is 5.10 Å². The topological polar surface area (TPSA) is 65.4 Å². The van der Waals surface area contributed by atoms with Crippen molar-refractivity contribution in [2.45, 2.75) is 25.4 Å². The summed E-state index contributed by atoms with van der Waals surface area (Å²) in [5.74, 6) is 0.769. The van der Waals surface area contributed by atoms with Crippen LogP contribution in [-0.2, 0) is 4.74 Å². The zero-order chi connectivity index (χ0) is 11.0. The van der Waals surface area contributed by atoms with Crippen LogP contribution in [0.4, 0.5) is 5.69 Å². The summed E-state index contributed by atoms with van der Waals surface area (Å²) in [6.07, 6.45) is 5.15. The highest BCUT2D eigenvalue weighted by molar-refractivity contribution is 5.46. The molecule has 0 spiro atoms. The summed E-state index contributed by atoms with van der Waals surface area (Å²) in [7, 11) is 0. The van der Waals surface area contributed by atoms with E-state index in [-0.39, 0.29) is 6.10 Å².